The smallest absolute Gasteiger partial charge is 0.282 e. The van der Waals surface area contributed by atoms with E-state index in [1.165, 1.54) is 17.8 Å². The average Bonchev–Trinajstić information content (AvgIpc) is 3.38. The molecule has 6 nitrogen and oxygen atoms in total. The van der Waals surface area contributed by atoms with E-state index < -0.39 is 22.3 Å². The van der Waals surface area contributed by atoms with E-state index in [1.807, 2.05) is 17.0 Å². The molecular formula is C25H21Cl2N2O4S-. The molecule has 176 valence electrons. The molecule has 2 heterocycles. The lowest BCUT2D eigenvalue weighted by atomic mass is 9.72. The molecule has 7 atom stereocenters. The average molecular weight is 516 g/mol. The number of carbonyl (C=O) groups is 1. The third kappa shape index (κ3) is 3.28. The Bertz CT molecular complexity index is 1240. The predicted molar refractivity (Wildman–Crippen MR) is 131 cm³/mol. The number of benzene rings is 2. The summed E-state index contributed by atoms with van der Waals surface area (Å²) in [5.41, 5.74) is 3.03. The number of hydrogen-bond donors (Lipinski definition) is 0. The molecule has 0 amide bonds. The summed E-state index contributed by atoms with van der Waals surface area (Å²) in [6.07, 6.45) is 5.80. The summed E-state index contributed by atoms with van der Waals surface area (Å²) in [5, 5.41) is 24.1. The molecule has 2 aliphatic heterocycles. The van der Waals surface area contributed by atoms with E-state index in [1.54, 1.807) is 18.2 Å². The van der Waals surface area contributed by atoms with Gasteiger partial charge >= 0.3 is 0 Å². The summed E-state index contributed by atoms with van der Waals surface area (Å²) >= 11 is 15.0. The van der Waals surface area contributed by atoms with Gasteiger partial charge in [0.2, 0.25) is 0 Å². The third-order valence-corrected chi connectivity index (χ3v) is 10.2. The first kappa shape index (κ1) is 22.3. The van der Waals surface area contributed by atoms with Crippen LogP contribution in [0.2, 0.25) is 5.02 Å². The number of anilines is 1. The normalized spacial score (nSPS) is 32.8. The molecule has 2 aromatic rings. The molecular weight excluding hydrogens is 495 g/mol. The van der Waals surface area contributed by atoms with E-state index in [0.717, 1.165) is 23.2 Å². The molecule has 1 saturated carbocycles. The van der Waals surface area contributed by atoms with Crippen LogP contribution in [0.15, 0.2) is 53.4 Å². The maximum atomic E-state index is 12.6. The monoisotopic (exact) mass is 515 g/mol. The van der Waals surface area contributed by atoms with Gasteiger partial charge in [-0.1, -0.05) is 35.9 Å². The van der Waals surface area contributed by atoms with Gasteiger partial charge in [0.15, 0.2) is 0 Å². The van der Waals surface area contributed by atoms with Gasteiger partial charge in [0.1, 0.15) is 0 Å². The van der Waals surface area contributed by atoms with Crippen molar-refractivity contribution in [3.63, 3.8) is 0 Å². The van der Waals surface area contributed by atoms with E-state index >= 15 is 0 Å². The number of aliphatic carboxylic acids is 1. The molecule has 1 fully saturated rings. The molecule has 0 bridgehead atoms. The third-order valence-electron chi connectivity index (χ3n) is 7.85. The topological polar surface area (TPSA) is 86.5 Å². The first-order valence-corrected chi connectivity index (χ1v) is 13.1. The summed E-state index contributed by atoms with van der Waals surface area (Å²) in [7, 11) is 0. The van der Waals surface area contributed by atoms with Crippen molar-refractivity contribution in [2.75, 3.05) is 11.4 Å². The van der Waals surface area contributed by atoms with Crippen LogP contribution in [0.3, 0.4) is 0 Å². The highest BCUT2D eigenvalue weighted by Gasteiger charge is 2.55. The van der Waals surface area contributed by atoms with Crippen LogP contribution >= 0.6 is 35.0 Å². The lowest BCUT2D eigenvalue weighted by Crippen LogP contribution is -2.58. The fourth-order valence-corrected chi connectivity index (χ4v) is 8.76. The van der Waals surface area contributed by atoms with Crippen molar-refractivity contribution < 1.29 is 14.8 Å². The van der Waals surface area contributed by atoms with E-state index in [0.29, 0.717) is 28.8 Å². The highest BCUT2D eigenvalue weighted by molar-refractivity contribution is 8.00. The Hall–Kier alpha value is -2.22. The van der Waals surface area contributed by atoms with Crippen LogP contribution in [0.1, 0.15) is 35.8 Å². The number of carboxylic acid groups (broad SMARTS) is 1. The number of allylic oxidation sites excluding steroid dienone is 2. The van der Waals surface area contributed by atoms with E-state index in [9.17, 15) is 20.0 Å². The van der Waals surface area contributed by atoms with Crippen molar-refractivity contribution in [1.82, 2.24) is 0 Å². The Morgan fingerprint density at radius 1 is 1.21 bits per heavy atom. The molecule has 0 spiro atoms. The second-order valence-corrected chi connectivity index (χ2v) is 11.8. The number of rotatable bonds is 4. The molecule has 2 aromatic carbocycles. The van der Waals surface area contributed by atoms with Gasteiger partial charge in [-0.3, -0.25) is 10.1 Å². The number of halogens is 2. The highest BCUT2D eigenvalue weighted by atomic mass is 35.5. The summed E-state index contributed by atoms with van der Waals surface area (Å²) < 4.78 is 0. The van der Waals surface area contributed by atoms with Gasteiger partial charge in [-0.15, -0.1) is 23.4 Å². The number of carbonyl (C=O) groups excluding carboxylic acids is 1. The Labute approximate surface area is 211 Å². The number of fused-ring (bicyclic) bond motifs is 4. The van der Waals surface area contributed by atoms with Crippen LogP contribution in [-0.4, -0.2) is 34.1 Å². The summed E-state index contributed by atoms with van der Waals surface area (Å²) in [6, 6.07) is 9.71. The van der Waals surface area contributed by atoms with Gasteiger partial charge in [0.25, 0.3) is 5.69 Å². The number of nitro benzene ring substituents is 1. The van der Waals surface area contributed by atoms with Gasteiger partial charge in [-0.05, 0) is 54.0 Å². The number of hydrogen-bond acceptors (Lipinski definition) is 6. The minimum absolute atomic E-state index is 0.0348. The number of para-hydroxylation sites is 1. The molecule has 0 unspecified atom stereocenters. The lowest BCUT2D eigenvalue weighted by molar-refractivity contribution is -0.387. The van der Waals surface area contributed by atoms with Gasteiger partial charge < -0.3 is 14.8 Å². The fraction of sp³-hybridized carbons (Fsp3) is 0.400. The van der Waals surface area contributed by atoms with Crippen molar-refractivity contribution in [2.24, 2.45) is 11.8 Å². The minimum atomic E-state index is -1.09. The van der Waals surface area contributed by atoms with Crippen molar-refractivity contribution in [2.45, 2.75) is 46.2 Å². The largest absolute Gasteiger partial charge is 0.548 e. The van der Waals surface area contributed by atoms with Crippen LogP contribution in [0.25, 0.3) is 0 Å². The first-order valence-electron chi connectivity index (χ1n) is 11.4. The first-order chi connectivity index (χ1) is 16.3. The number of nitrogens with zero attached hydrogens (tertiary/aromatic N) is 2. The second-order valence-electron chi connectivity index (χ2n) is 9.55. The number of thioether (sulfide) groups is 1. The maximum absolute atomic E-state index is 12.6. The number of carboxylic acids is 1. The molecule has 4 aliphatic rings. The van der Waals surface area contributed by atoms with Gasteiger partial charge in [-0.2, -0.15) is 0 Å². The van der Waals surface area contributed by atoms with Crippen LogP contribution in [-0.2, 0) is 4.79 Å². The van der Waals surface area contributed by atoms with E-state index in [2.05, 4.69) is 12.2 Å². The summed E-state index contributed by atoms with van der Waals surface area (Å²) in [5.74, 6) is -1.06. The SMILES string of the molecule is O=C([O-])[C@@H]1[C@H]2C[C@H](Sc3ccccc3[N+](=O)[O-])[C@@H](Cl)[C@H]2c2cc(Cl)cc3c2N1C[C@H]1CC=C[C@H]31. The zero-order chi connectivity index (χ0) is 23.7. The molecule has 9 heteroatoms. The van der Waals surface area contributed by atoms with Crippen molar-refractivity contribution in [3.05, 3.63) is 74.8 Å². The van der Waals surface area contributed by atoms with Gasteiger partial charge in [0, 0.05) is 40.4 Å². The molecule has 2 aliphatic carbocycles. The summed E-state index contributed by atoms with van der Waals surface area (Å²) in [6.45, 7) is 0.649. The fourth-order valence-electron chi connectivity index (χ4n) is 6.58. The Balaban J connectivity index is 1.45. The van der Waals surface area contributed by atoms with Crippen LogP contribution in [0.5, 0.6) is 0 Å². The molecule has 0 aromatic heterocycles. The predicted octanol–water partition coefficient (Wildman–Crippen LogP) is 4.73. The zero-order valence-electron chi connectivity index (χ0n) is 18.0. The molecule has 0 N–H and O–H groups in total. The highest BCUT2D eigenvalue weighted by Crippen LogP contribution is 2.60. The quantitative estimate of drug-likeness (QED) is 0.253. The van der Waals surface area contributed by atoms with Crippen LogP contribution < -0.4 is 10.0 Å². The maximum Gasteiger partial charge on any atom is 0.282 e. The van der Waals surface area contributed by atoms with E-state index in [-0.39, 0.29) is 28.7 Å². The Morgan fingerprint density at radius 3 is 2.74 bits per heavy atom. The second kappa shape index (κ2) is 8.18. The molecule has 0 saturated heterocycles. The Kier molecular flexibility index (Phi) is 5.35. The molecule has 0 radical (unpaired) electrons. The number of alkyl halides is 1. The van der Waals surface area contributed by atoms with Gasteiger partial charge in [-0.25, -0.2) is 0 Å². The summed E-state index contributed by atoms with van der Waals surface area (Å²) in [4.78, 5) is 26.3. The van der Waals surface area contributed by atoms with Crippen molar-refractivity contribution in [1.29, 1.82) is 0 Å². The van der Waals surface area contributed by atoms with Crippen LogP contribution in [0.4, 0.5) is 11.4 Å². The number of nitro groups is 1. The van der Waals surface area contributed by atoms with Crippen LogP contribution in [0, 0.1) is 22.0 Å². The lowest BCUT2D eigenvalue weighted by Gasteiger charge is -2.51. The minimum Gasteiger partial charge on any atom is -0.548 e. The molecule has 6 rings (SSSR count). The van der Waals surface area contributed by atoms with Gasteiger partial charge in [0.05, 0.1) is 27.2 Å². The standard InChI is InChI=1S/C25H22Cl2N2O4S/c26-13-8-15-14-5-3-4-12(14)11-28-23(15)16(9-13)21-17(24(28)25(30)31)10-20(22(21)27)34-19-7-2-1-6-18(19)29(32)33/h1-3,5-9,12,14,17,20-22,24H,4,10-11H2,(H,30,31)/p-1/t12-,14+,17+,20+,21+,22-,24+/m1/s1. The van der Waals surface area contributed by atoms with E-state index in [4.69, 9.17) is 23.2 Å². The van der Waals surface area contributed by atoms with Crippen molar-refractivity contribution >= 4 is 52.3 Å². The Morgan fingerprint density at radius 2 is 1.97 bits per heavy atom. The van der Waals surface area contributed by atoms with Crippen molar-refractivity contribution in [3.8, 4) is 0 Å². The zero-order valence-corrected chi connectivity index (χ0v) is 20.3. The molecule has 34 heavy (non-hydrogen) atoms.